The van der Waals surface area contributed by atoms with Gasteiger partial charge in [-0.2, -0.15) is 0 Å². The number of aryl methyl sites for hydroxylation is 1. The molecule has 0 aliphatic heterocycles. The highest BCUT2D eigenvalue weighted by molar-refractivity contribution is 5.68. The molecule has 14 heavy (non-hydrogen) atoms. The van der Waals surface area contributed by atoms with Gasteiger partial charge in [-0.3, -0.25) is 4.99 Å². The van der Waals surface area contributed by atoms with Gasteiger partial charge < -0.3 is 5.73 Å². The molecule has 0 heterocycles. The molecule has 0 saturated carbocycles. The molecule has 0 bridgehead atoms. The van der Waals surface area contributed by atoms with Crippen molar-refractivity contribution in [2.24, 2.45) is 10.9 Å². The molecular weight excluding hydrogens is 172 g/mol. The van der Waals surface area contributed by atoms with Gasteiger partial charge in [0, 0.05) is 11.9 Å². The Labute approximate surface area is 85.9 Å². The van der Waals surface area contributed by atoms with Crippen LogP contribution in [0.15, 0.2) is 23.2 Å². The van der Waals surface area contributed by atoms with Crippen molar-refractivity contribution in [3.63, 3.8) is 0 Å². The fraction of sp³-hybridized carbons (Fsp3) is 0.417. The zero-order chi connectivity index (χ0) is 10.6. The number of benzene rings is 1. The Hall–Kier alpha value is -1.31. The summed E-state index contributed by atoms with van der Waals surface area (Å²) < 4.78 is 0. The minimum Gasteiger partial charge on any atom is -0.399 e. The molecule has 0 radical (unpaired) electrons. The van der Waals surface area contributed by atoms with Crippen LogP contribution in [0.5, 0.6) is 0 Å². The monoisotopic (exact) mass is 190 g/mol. The van der Waals surface area contributed by atoms with E-state index in [9.17, 15) is 0 Å². The molecule has 76 valence electrons. The van der Waals surface area contributed by atoms with Gasteiger partial charge in [-0.05, 0) is 37.0 Å². The standard InChI is InChI=1S/C12H18N2/c1-4-9(2)8-14-12-7-11(13)6-5-10(12)3/h5-9H,4,13H2,1-3H3/b14-8-. The number of hydrogen-bond donors (Lipinski definition) is 1. The van der Waals surface area contributed by atoms with E-state index < -0.39 is 0 Å². The molecule has 0 spiro atoms. The van der Waals surface area contributed by atoms with Gasteiger partial charge in [-0.1, -0.05) is 19.9 Å². The molecule has 1 rings (SSSR count). The smallest absolute Gasteiger partial charge is 0.0675 e. The Kier molecular flexibility index (Phi) is 3.69. The van der Waals surface area contributed by atoms with E-state index in [-0.39, 0.29) is 0 Å². The minimum absolute atomic E-state index is 0.524. The average molecular weight is 190 g/mol. The van der Waals surface area contributed by atoms with Crippen LogP contribution in [0.4, 0.5) is 11.4 Å². The lowest BCUT2D eigenvalue weighted by Crippen LogP contribution is -1.92. The largest absolute Gasteiger partial charge is 0.399 e. The van der Waals surface area contributed by atoms with Gasteiger partial charge in [0.25, 0.3) is 0 Å². The second kappa shape index (κ2) is 4.80. The molecule has 0 aliphatic rings. The van der Waals surface area contributed by atoms with Crippen molar-refractivity contribution in [1.29, 1.82) is 0 Å². The molecule has 0 amide bonds. The molecular formula is C12H18N2. The zero-order valence-electron chi connectivity index (χ0n) is 9.12. The van der Waals surface area contributed by atoms with E-state index >= 15 is 0 Å². The topological polar surface area (TPSA) is 38.4 Å². The Balaban J connectivity index is 2.85. The summed E-state index contributed by atoms with van der Waals surface area (Å²) in [6.45, 7) is 6.36. The highest BCUT2D eigenvalue weighted by atomic mass is 14.7. The first-order valence-electron chi connectivity index (χ1n) is 5.03. The third kappa shape index (κ3) is 2.87. The number of hydrogen-bond acceptors (Lipinski definition) is 2. The van der Waals surface area contributed by atoms with E-state index in [4.69, 9.17) is 5.73 Å². The van der Waals surface area contributed by atoms with Crippen molar-refractivity contribution in [2.75, 3.05) is 5.73 Å². The van der Waals surface area contributed by atoms with Gasteiger partial charge in [0.2, 0.25) is 0 Å². The van der Waals surface area contributed by atoms with E-state index in [1.54, 1.807) is 0 Å². The van der Waals surface area contributed by atoms with Crippen LogP contribution in [0.25, 0.3) is 0 Å². The zero-order valence-corrected chi connectivity index (χ0v) is 9.12. The van der Waals surface area contributed by atoms with Crippen molar-refractivity contribution in [2.45, 2.75) is 27.2 Å². The van der Waals surface area contributed by atoms with Crippen molar-refractivity contribution >= 4 is 17.6 Å². The average Bonchev–Trinajstić information content (AvgIpc) is 2.19. The van der Waals surface area contributed by atoms with E-state index in [1.807, 2.05) is 31.3 Å². The van der Waals surface area contributed by atoms with Gasteiger partial charge in [0.1, 0.15) is 0 Å². The highest BCUT2D eigenvalue weighted by Crippen LogP contribution is 2.21. The van der Waals surface area contributed by atoms with Gasteiger partial charge in [0.15, 0.2) is 0 Å². The van der Waals surface area contributed by atoms with Crippen LogP contribution in [-0.4, -0.2) is 6.21 Å². The Morgan fingerprint density at radius 3 is 2.86 bits per heavy atom. The first kappa shape index (κ1) is 10.8. The maximum atomic E-state index is 5.69. The second-order valence-electron chi connectivity index (χ2n) is 3.71. The maximum Gasteiger partial charge on any atom is 0.0675 e. The molecule has 1 aromatic carbocycles. The summed E-state index contributed by atoms with van der Waals surface area (Å²) in [5.41, 5.74) is 8.61. The molecule has 2 nitrogen and oxygen atoms in total. The number of nitrogen functional groups attached to an aromatic ring is 1. The molecule has 0 aliphatic carbocycles. The van der Waals surface area contributed by atoms with Crippen molar-refractivity contribution in [3.8, 4) is 0 Å². The Morgan fingerprint density at radius 1 is 1.50 bits per heavy atom. The van der Waals surface area contributed by atoms with E-state index in [0.717, 1.165) is 17.8 Å². The number of rotatable bonds is 3. The summed E-state index contributed by atoms with van der Waals surface area (Å²) in [4.78, 5) is 4.43. The first-order valence-corrected chi connectivity index (χ1v) is 5.03. The molecule has 1 unspecified atom stereocenters. The van der Waals surface area contributed by atoms with Crippen LogP contribution in [0, 0.1) is 12.8 Å². The number of aliphatic imine (C=N–C) groups is 1. The lowest BCUT2D eigenvalue weighted by molar-refractivity contribution is 0.754. The quantitative estimate of drug-likeness (QED) is 0.576. The van der Waals surface area contributed by atoms with Gasteiger partial charge >= 0.3 is 0 Å². The summed E-state index contributed by atoms with van der Waals surface area (Å²) in [5, 5.41) is 0. The number of anilines is 1. The molecule has 1 atom stereocenters. The predicted molar refractivity (Wildman–Crippen MR) is 63.2 cm³/mol. The summed E-state index contributed by atoms with van der Waals surface area (Å²) in [5.74, 6) is 0.524. The van der Waals surface area contributed by atoms with Gasteiger partial charge in [-0.15, -0.1) is 0 Å². The molecule has 2 heteroatoms. The van der Waals surface area contributed by atoms with Crippen LogP contribution in [0.3, 0.4) is 0 Å². The van der Waals surface area contributed by atoms with E-state index in [1.165, 1.54) is 5.56 Å². The van der Waals surface area contributed by atoms with Crippen molar-refractivity contribution in [1.82, 2.24) is 0 Å². The van der Waals surface area contributed by atoms with Crippen LogP contribution < -0.4 is 5.73 Å². The summed E-state index contributed by atoms with van der Waals surface area (Å²) in [6.07, 6.45) is 3.10. The predicted octanol–water partition coefficient (Wildman–Crippen LogP) is 3.33. The fourth-order valence-corrected chi connectivity index (χ4v) is 1.08. The Bertz CT molecular complexity index is 329. The number of nitrogens with zero attached hydrogens (tertiary/aromatic N) is 1. The van der Waals surface area contributed by atoms with Crippen LogP contribution in [0.1, 0.15) is 25.8 Å². The summed E-state index contributed by atoms with van der Waals surface area (Å²) in [7, 11) is 0. The van der Waals surface area contributed by atoms with Crippen LogP contribution >= 0.6 is 0 Å². The summed E-state index contributed by atoms with van der Waals surface area (Å²) in [6, 6.07) is 5.81. The number of nitrogens with two attached hydrogens (primary N) is 1. The van der Waals surface area contributed by atoms with Gasteiger partial charge in [-0.25, -0.2) is 0 Å². The molecule has 2 N–H and O–H groups in total. The second-order valence-corrected chi connectivity index (χ2v) is 3.71. The summed E-state index contributed by atoms with van der Waals surface area (Å²) >= 11 is 0. The van der Waals surface area contributed by atoms with E-state index in [2.05, 4.69) is 18.8 Å². The highest BCUT2D eigenvalue weighted by Gasteiger charge is 1.97. The van der Waals surface area contributed by atoms with E-state index in [0.29, 0.717) is 5.92 Å². The Morgan fingerprint density at radius 2 is 2.21 bits per heavy atom. The molecule has 1 aromatic rings. The molecule has 0 aromatic heterocycles. The third-order valence-electron chi connectivity index (χ3n) is 2.35. The van der Waals surface area contributed by atoms with Crippen LogP contribution in [0.2, 0.25) is 0 Å². The third-order valence-corrected chi connectivity index (χ3v) is 2.35. The first-order chi connectivity index (χ1) is 6.63. The SMILES string of the molecule is CCC(C)/C=N\c1cc(N)ccc1C. The lowest BCUT2D eigenvalue weighted by atomic mass is 10.1. The lowest BCUT2D eigenvalue weighted by Gasteiger charge is -2.03. The normalized spacial score (nSPS) is 13.4. The molecule has 0 fully saturated rings. The minimum atomic E-state index is 0.524. The maximum absolute atomic E-state index is 5.69. The molecule has 0 saturated heterocycles. The van der Waals surface area contributed by atoms with Crippen LogP contribution in [-0.2, 0) is 0 Å². The van der Waals surface area contributed by atoms with Crippen molar-refractivity contribution < 1.29 is 0 Å². The van der Waals surface area contributed by atoms with Crippen molar-refractivity contribution in [3.05, 3.63) is 23.8 Å². The fourth-order valence-electron chi connectivity index (χ4n) is 1.08. The van der Waals surface area contributed by atoms with Gasteiger partial charge in [0.05, 0.1) is 5.69 Å².